The molecule has 0 aliphatic carbocycles. The summed E-state index contributed by atoms with van der Waals surface area (Å²) in [6.45, 7) is 7.70. The van der Waals surface area contributed by atoms with Crippen molar-refractivity contribution in [3.05, 3.63) is 0 Å². The number of carbonyl (C=O) groups is 1. The molecule has 0 amide bonds. The van der Waals surface area contributed by atoms with Crippen molar-refractivity contribution < 1.29 is 14.6 Å². The average Bonchev–Trinajstić information content (AvgIpc) is 1.91. The van der Waals surface area contributed by atoms with Gasteiger partial charge in [-0.2, -0.15) is 0 Å². The fourth-order valence-corrected chi connectivity index (χ4v) is 0. The van der Waals surface area contributed by atoms with Gasteiger partial charge in [0.05, 0.1) is 0 Å². The van der Waals surface area contributed by atoms with Crippen molar-refractivity contribution in [2.24, 2.45) is 0 Å². The topological polar surface area (TPSA) is 57.5 Å². The lowest BCUT2D eigenvalue weighted by Gasteiger charge is -1.79. The molecule has 2 N–H and O–H groups in total. The Bertz CT molecular complexity index is 37.2. The van der Waals surface area contributed by atoms with Gasteiger partial charge < -0.3 is 14.6 Å². The molecule has 0 aliphatic heterocycles. The van der Waals surface area contributed by atoms with Crippen LogP contribution in [0.25, 0.3) is 0 Å². The second kappa shape index (κ2) is 23.0. The molecule has 0 rings (SSSR count). The maximum absolute atomic E-state index is 8.00. The van der Waals surface area contributed by atoms with E-state index in [2.05, 4.69) is 13.8 Å². The predicted octanol–water partition coefficient (Wildman–Crippen LogP) is 1.53. The monoisotopic (exact) mass is 168 g/mol. The molecule has 0 aromatic carbocycles. The minimum absolute atomic E-state index is 1.32. The van der Waals surface area contributed by atoms with Gasteiger partial charge >= 0.3 is 0 Å². The van der Waals surface area contributed by atoms with E-state index in [1.165, 1.54) is 19.5 Å². The quantitative estimate of drug-likeness (QED) is 0.584. The van der Waals surface area contributed by atoms with Crippen molar-refractivity contribution in [1.82, 2.24) is 0 Å². The van der Waals surface area contributed by atoms with Gasteiger partial charge in [0.2, 0.25) is 0 Å². The Morgan fingerprint density at radius 2 is 1.30 bits per heavy atom. The fourth-order valence-electron chi connectivity index (χ4n) is 0. The number of unbranched alkanes of at least 4 members (excludes halogenated alkanes) is 1. The van der Waals surface area contributed by atoms with Crippen molar-refractivity contribution in [2.75, 3.05) is 6.66 Å². The van der Waals surface area contributed by atoms with Crippen LogP contribution in [-0.4, -0.2) is 23.2 Å². The standard InChI is InChI=1S/C4H10.CH5O2P.CH2O/c1-3-4-2;1-4(2)3;1-2/h3-4H2,1-2H3;2-3H,1H3;1H2. The molecule has 0 aliphatic rings. The van der Waals surface area contributed by atoms with Gasteiger partial charge in [-0.1, -0.05) is 26.7 Å². The average molecular weight is 168 g/mol. The van der Waals surface area contributed by atoms with Crippen molar-refractivity contribution in [2.45, 2.75) is 26.7 Å². The van der Waals surface area contributed by atoms with Gasteiger partial charge in [-0.3, -0.25) is 0 Å². The molecule has 4 heteroatoms. The summed E-state index contributed by atoms with van der Waals surface area (Å²) >= 11 is 0. The van der Waals surface area contributed by atoms with E-state index >= 15 is 0 Å². The van der Waals surface area contributed by atoms with Gasteiger partial charge in [-0.25, -0.2) is 0 Å². The summed E-state index contributed by atoms with van der Waals surface area (Å²) < 4.78 is 0. The summed E-state index contributed by atoms with van der Waals surface area (Å²) in [5.74, 6) is 0. The first-order chi connectivity index (χ1) is 4.65. The van der Waals surface area contributed by atoms with Crippen molar-refractivity contribution in [1.29, 1.82) is 0 Å². The summed E-state index contributed by atoms with van der Waals surface area (Å²) in [6.07, 6.45) is 2.64. The van der Waals surface area contributed by atoms with E-state index in [9.17, 15) is 0 Å². The van der Waals surface area contributed by atoms with Gasteiger partial charge in [-0.05, 0) is 0 Å². The van der Waals surface area contributed by atoms with E-state index in [4.69, 9.17) is 14.6 Å². The maximum atomic E-state index is 8.00. The number of hydrogen-bond donors (Lipinski definition) is 2. The summed E-state index contributed by atoms with van der Waals surface area (Å²) in [4.78, 5) is 23.4. The van der Waals surface area contributed by atoms with Crippen LogP contribution in [0.15, 0.2) is 0 Å². The van der Waals surface area contributed by atoms with Crippen LogP contribution in [0.2, 0.25) is 0 Å². The normalized spacial score (nSPS) is 7.00. The minimum atomic E-state index is -1.62. The van der Waals surface area contributed by atoms with E-state index in [1.54, 1.807) is 0 Å². The Morgan fingerprint density at radius 1 is 1.20 bits per heavy atom. The van der Waals surface area contributed by atoms with E-state index in [1.807, 2.05) is 6.79 Å². The zero-order valence-electron chi connectivity index (χ0n) is 6.87. The summed E-state index contributed by atoms with van der Waals surface area (Å²) in [5.41, 5.74) is 0. The fraction of sp³-hybridized carbons (Fsp3) is 0.833. The molecule has 0 atom stereocenters. The van der Waals surface area contributed by atoms with Crippen molar-refractivity contribution in [3.63, 3.8) is 0 Å². The van der Waals surface area contributed by atoms with E-state index in [0.29, 0.717) is 0 Å². The first-order valence-electron chi connectivity index (χ1n) is 3.05. The molecule has 0 spiro atoms. The van der Waals surface area contributed by atoms with E-state index < -0.39 is 8.38 Å². The maximum Gasteiger partial charge on any atom is 0.161 e. The van der Waals surface area contributed by atoms with Crippen LogP contribution in [0, 0.1) is 0 Å². The highest BCUT2D eigenvalue weighted by molar-refractivity contribution is 7.44. The Kier molecular flexibility index (Phi) is 38.1. The molecule has 0 saturated heterocycles. The molecule has 3 nitrogen and oxygen atoms in total. The second-order valence-electron chi connectivity index (χ2n) is 1.49. The number of rotatable bonds is 1. The van der Waals surface area contributed by atoms with Crippen molar-refractivity contribution in [3.8, 4) is 0 Å². The first kappa shape index (κ1) is 16.5. The third kappa shape index (κ3) is 380. The molecule has 0 heterocycles. The summed E-state index contributed by atoms with van der Waals surface area (Å²) in [5, 5.41) is 0. The van der Waals surface area contributed by atoms with Crippen LogP contribution in [0.4, 0.5) is 0 Å². The smallest absolute Gasteiger partial charge is 0.161 e. The molecule has 0 aromatic heterocycles. The third-order valence-corrected chi connectivity index (χ3v) is 0.500. The lowest BCUT2D eigenvalue weighted by atomic mass is 10.4. The Balaban J connectivity index is -0.0000000787. The van der Waals surface area contributed by atoms with Crippen LogP contribution in [-0.2, 0) is 4.79 Å². The zero-order valence-corrected chi connectivity index (χ0v) is 7.77. The molecule has 0 saturated carbocycles. The molecule has 0 bridgehead atoms. The van der Waals surface area contributed by atoms with E-state index in [-0.39, 0.29) is 0 Å². The molecule has 0 unspecified atom stereocenters. The highest BCUT2D eigenvalue weighted by Crippen LogP contribution is 2.12. The van der Waals surface area contributed by atoms with Crippen molar-refractivity contribution >= 4 is 15.2 Å². The summed E-state index contributed by atoms with van der Waals surface area (Å²) in [7, 11) is -1.62. The molecule has 10 heavy (non-hydrogen) atoms. The van der Waals surface area contributed by atoms with Crippen LogP contribution >= 0.6 is 8.38 Å². The Labute approximate surface area is 64.0 Å². The molecular formula is C6H17O3P. The van der Waals surface area contributed by atoms with Crippen LogP contribution in [0.1, 0.15) is 26.7 Å². The number of carbonyl (C=O) groups excluding carboxylic acids is 1. The van der Waals surface area contributed by atoms with Gasteiger partial charge in [0.25, 0.3) is 0 Å². The lowest BCUT2D eigenvalue weighted by Crippen LogP contribution is -1.52. The Hall–Kier alpha value is 0.0200. The first-order valence-corrected chi connectivity index (χ1v) is 4.74. The molecular weight excluding hydrogens is 151 g/mol. The van der Waals surface area contributed by atoms with Crippen LogP contribution in [0.5, 0.6) is 0 Å². The number of hydrogen-bond acceptors (Lipinski definition) is 3. The predicted molar refractivity (Wildman–Crippen MR) is 45.0 cm³/mol. The van der Waals surface area contributed by atoms with Crippen LogP contribution < -0.4 is 0 Å². The SMILES string of the molecule is C=O.CCCC.CP(O)O. The zero-order chi connectivity index (χ0) is 8.99. The lowest BCUT2D eigenvalue weighted by molar-refractivity contribution is -0.0979. The molecule has 0 fully saturated rings. The molecule has 64 valence electrons. The molecule has 0 aromatic rings. The van der Waals surface area contributed by atoms with Crippen LogP contribution in [0.3, 0.4) is 0 Å². The highest BCUT2D eigenvalue weighted by Gasteiger charge is 1.72. The van der Waals surface area contributed by atoms with Gasteiger partial charge in [-0.15, -0.1) is 0 Å². The molecule has 0 radical (unpaired) electrons. The second-order valence-corrected chi connectivity index (χ2v) is 2.47. The van der Waals surface area contributed by atoms with Gasteiger partial charge in [0.1, 0.15) is 6.79 Å². The Morgan fingerprint density at radius 3 is 1.30 bits per heavy atom. The third-order valence-electron chi connectivity index (χ3n) is 0.500. The highest BCUT2D eigenvalue weighted by atomic mass is 31.2. The summed E-state index contributed by atoms with van der Waals surface area (Å²) in [6, 6.07) is 0. The van der Waals surface area contributed by atoms with E-state index in [0.717, 1.165) is 0 Å². The van der Waals surface area contributed by atoms with Gasteiger partial charge in [0.15, 0.2) is 8.38 Å². The largest absolute Gasteiger partial charge is 0.350 e. The minimum Gasteiger partial charge on any atom is -0.350 e. The van der Waals surface area contributed by atoms with Gasteiger partial charge in [0, 0.05) is 6.66 Å².